The van der Waals surface area contributed by atoms with Crippen LogP contribution in [-0.2, 0) is 12.8 Å². The fraction of sp³-hybridized carbons (Fsp3) is 0.286. The molecule has 94 valence electrons. The first-order valence-electron chi connectivity index (χ1n) is 5.92. The summed E-state index contributed by atoms with van der Waals surface area (Å²) in [6.07, 6.45) is 2.15. The molecule has 0 radical (unpaired) electrons. The molecule has 0 saturated heterocycles. The first kappa shape index (κ1) is 12.7. The average Bonchev–Trinajstić information content (AvgIpc) is 2.93. The van der Waals surface area contributed by atoms with Crippen molar-refractivity contribution in [1.29, 1.82) is 0 Å². The maximum Gasteiger partial charge on any atom is 0.0887 e. The highest BCUT2D eigenvalue weighted by Crippen LogP contribution is 2.40. The summed E-state index contributed by atoms with van der Waals surface area (Å²) in [5.41, 5.74) is 9.28. The van der Waals surface area contributed by atoms with Crippen molar-refractivity contribution in [2.24, 2.45) is 11.7 Å². The van der Waals surface area contributed by atoms with Crippen LogP contribution >= 0.6 is 38.9 Å². The van der Waals surface area contributed by atoms with E-state index in [1.807, 2.05) is 6.07 Å². The molecule has 18 heavy (non-hydrogen) atoms. The minimum absolute atomic E-state index is 0.0752. The number of nitrogens with two attached hydrogens (primary N) is 1. The third-order valence-corrected chi connectivity index (χ3v) is 6.16. The van der Waals surface area contributed by atoms with Crippen molar-refractivity contribution in [3.8, 4) is 0 Å². The summed E-state index contributed by atoms with van der Waals surface area (Å²) < 4.78 is 0.977. The lowest BCUT2D eigenvalue weighted by Crippen LogP contribution is -2.20. The lowest BCUT2D eigenvalue weighted by molar-refractivity contribution is 0.459. The van der Waals surface area contributed by atoms with Crippen molar-refractivity contribution in [2.45, 2.75) is 18.9 Å². The molecule has 0 aliphatic heterocycles. The van der Waals surface area contributed by atoms with E-state index >= 15 is 0 Å². The van der Waals surface area contributed by atoms with Crippen molar-refractivity contribution in [3.63, 3.8) is 0 Å². The van der Waals surface area contributed by atoms with Gasteiger partial charge < -0.3 is 5.73 Å². The van der Waals surface area contributed by atoms with Crippen LogP contribution in [0.5, 0.6) is 0 Å². The van der Waals surface area contributed by atoms with Crippen LogP contribution in [0.3, 0.4) is 0 Å². The smallest absolute Gasteiger partial charge is 0.0887 e. The molecule has 2 N–H and O–H groups in total. The van der Waals surface area contributed by atoms with E-state index in [1.54, 1.807) is 11.3 Å². The molecular weight excluding hydrogens is 330 g/mol. The number of thiophene rings is 1. The topological polar surface area (TPSA) is 26.0 Å². The third-order valence-electron chi connectivity index (χ3n) is 3.58. The van der Waals surface area contributed by atoms with Crippen LogP contribution in [0.1, 0.15) is 22.0 Å². The van der Waals surface area contributed by atoms with Gasteiger partial charge in [-0.15, -0.1) is 11.3 Å². The second-order valence-electron chi connectivity index (χ2n) is 4.73. The van der Waals surface area contributed by atoms with Gasteiger partial charge in [-0.3, -0.25) is 0 Å². The highest BCUT2D eigenvalue weighted by Gasteiger charge is 2.28. The molecule has 1 aliphatic rings. The Kier molecular flexibility index (Phi) is 3.50. The number of hydrogen-bond acceptors (Lipinski definition) is 2. The van der Waals surface area contributed by atoms with Gasteiger partial charge in [0.05, 0.1) is 8.81 Å². The minimum atomic E-state index is 0.0752. The molecule has 0 fully saturated rings. The van der Waals surface area contributed by atoms with Crippen molar-refractivity contribution in [2.75, 3.05) is 0 Å². The molecule has 0 amide bonds. The van der Waals surface area contributed by atoms with Gasteiger partial charge in [-0.05, 0) is 51.9 Å². The van der Waals surface area contributed by atoms with Crippen LogP contribution in [0.4, 0.5) is 0 Å². The van der Waals surface area contributed by atoms with Crippen LogP contribution in [0.2, 0.25) is 5.02 Å². The molecule has 1 aromatic carbocycles. The second-order valence-corrected chi connectivity index (χ2v) is 7.54. The lowest BCUT2D eigenvalue weighted by atomic mass is 9.96. The maximum absolute atomic E-state index is 6.39. The Balaban J connectivity index is 1.82. The Morgan fingerprint density at radius 3 is 2.39 bits per heavy atom. The van der Waals surface area contributed by atoms with Gasteiger partial charge in [0.15, 0.2) is 0 Å². The Morgan fingerprint density at radius 2 is 1.89 bits per heavy atom. The fourth-order valence-corrected chi connectivity index (χ4v) is 4.45. The summed E-state index contributed by atoms with van der Waals surface area (Å²) in [4.78, 5) is 1.17. The molecule has 1 aromatic heterocycles. The minimum Gasteiger partial charge on any atom is -0.323 e. The molecule has 4 heteroatoms. The molecule has 0 saturated carbocycles. The molecule has 0 spiro atoms. The monoisotopic (exact) mass is 341 g/mol. The second kappa shape index (κ2) is 4.97. The summed E-state index contributed by atoms with van der Waals surface area (Å²) >= 11 is 11.2. The Hall–Kier alpha value is -0.350. The highest BCUT2D eigenvalue weighted by molar-refractivity contribution is 9.11. The van der Waals surface area contributed by atoms with Gasteiger partial charge in [-0.2, -0.15) is 0 Å². The van der Waals surface area contributed by atoms with Crippen molar-refractivity contribution >= 4 is 38.9 Å². The number of hydrogen-bond donors (Lipinski definition) is 1. The van der Waals surface area contributed by atoms with E-state index in [0.717, 1.165) is 21.7 Å². The number of rotatable bonds is 2. The molecule has 1 atom stereocenters. The van der Waals surface area contributed by atoms with Gasteiger partial charge >= 0.3 is 0 Å². The Morgan fingerprint density at radius 1 is 1.28 bits per heavy atom. The first-order chi connectivity index (χ1) is 8.65. The van der Waals surface area contributed by atoms with E-state index in [2.05, 4.69) is 40.2 Å². The summed E-state index contributed by atoms with van der Waals surface area (Å²) in [5, 5.41) is 0.765. The predicted octanol–water partition coefficient (Wildman–Crippen LogP) is 4.58. The van der Waals surface area contributed by atoms with Gasteiger partial charge in [0.1, 0.15) is 0 Å². The zero-order chi connectivity index (χ0) is 12.7. The summed E-state index contributed by atoms with van der Waals surface area (Å²) in [5.74, 6) is 0.490. The lowest BCUT2D eigenvalue weighted by Gasteiger charge is -2.17. The fourth-order valence-electron chi connectivity index (χ4n) is 2.61. The number of halogens is 2. The van der Waals surface area contributed by atoms with Crippen molar-refractivity contribution in [1.82, 2.24) is 0 Å². The standard InChI is InChI=1S/C14H13BrClNS/c15-14-11(16)7-12(18-14)13(17)10-5-8-3-1-2-4-9(8)6-10/h1-4,7,10,13H,5-6,17H2. The maximum atomic E-state index is 6.39. The van der Waals surface area contributed by atoms with Crippen LogP contribution in [0.25, 0.3) is 0 Å². The van der Waals surface area contributed by atoms with Gasteiger partial charge in [-0.1, -0.05) is 35.9 Å². The normalized spacial score (nSPS) is 16.8. The molecule has 1 nitrogen and oxygen atoms in total. The van der Waals surface area contributed by atoms with E-state index in [-0.39, 0.29) is 6.04 Å². The highest BCUT2D eigenvalue weighted by atomic mass is 79.9. The Labute approximate surface area is 124 Å². The Bertz CT molecular complexity index is 536. The summed E-state index contributed by atoms with van der Waals surface area (Å²) in [6, 6.07) is 10.7. The van der Waals surface area contributed by atoms with Gasteiger partial charge in [0.2, 0.25) is 0 Å². The van der Waals surface area contributed by atoms with Gasteiger partial charge in [-0.25, -0.2) is 0 Å². The van der Waals surface area contributed by atoms with Crippen LogP contribution in [-0.4, -0.2) is 0 Å². The summed E-state index contributed by atoms with van der Waals surface area (Å²) in [7, 11) is 0. The van der Waals surface area contributed by atoms with Crippen molar-refractivity contribution in [3.05, 3.63) is 55.1 Å². The number of benzene rings is 1. The van der Waals surface area contributed by atoms with Crippen LogP contribution < -0.4 is 5.73 Å². The predicted molar refractivity (Wildman–Crippen MR) is 81.3 cm³/mol. The van der Waals surface area contributed by atoms with E-state index in [0.29, 0.717) is 5.92 Å². The largest absolute Gasteiger partial charge is 0.323 e. The zero-order valence-electron chi connectivity index (χ0n) is 9.70. The third kappa shape index (κ3) is 2.25. The SMILES string of the molecule is NC(c1cc(Cl)c(Br)s1)C1Cc2ccccc2C1. The van der Waals surface area contributed by atoms with Gasteiger partial charge in [0, 0.05) is 10.9 Å². The van der Waals surface area contributed by atoms with E-state index in [4.69, 9.17) is 17.3 Å². The molecular formula is C14H13BrClNS. The quantitative estimate of drug-likeness (QED) is 0.849. The zero-order valence-corrected chi connectivity index (χ0v) is 12.9. The summed E-state index contributed by atoms with van der Waals surface area (Å²) in [6.45, 7) is 0. The van der Waals surface area contributed by atoms with Crippen LogP contribution in [0, 0.1) is 5.92 Å². The molecule has 0 bridgehead atoms. The molecule has 2 aromatic rings. The van der Waals surface area contributed by atoms with Gasteiger partial charge in [0.25, 0.3) is 0 Å². The van der Waals surface area contributed by atoms with E-state index < -0.39 is 0 Å². The first-order valence-corrected chi connectivity index (χ1v) is 7.91. The molecule has 1 heterocycles. The molecule has 1 unspecified atom stereocenters. The molecule has 3 rings (SSSR count). The number of fused-ring (bicyclic) bond motifs is 1. The molecule has 1 aliphatic carbocycles. The van der Waals surface area contributed by atoms with Crippen LogP contribution in [0.15, 0.2) is 34.1 Å². The average molecular weight is 343 g/mol. The van der Waals surface area contributed by atoms with E-state index in [9.17, 15) is 0 Å². The van der Waals surface area contributed by atoms with Crippen molar-refractivity contribution < 1.29 is 0 Å². The van der Waals surface area contributed by atoms with E-state index in [1.165, 1.54) is 16.0 Å².